The van der Waals surface area contributed by atoms with Crippen molar-refractivity contribution in [1.29, 1.82) is 0 Å². The average molecular weight is 387 g/mol. The number of hydrogen-bond donors (Lipinski definition) is 1. The fraction of sp³-hybridized carbons (Fsp3) is 0.0952. The van der Waals surface area contributed by atoms with E-state index in [0.717, 1.165) is 11.1 Å². The number of hydrogen-bond acceptors (Lipinski definition) is 5. The second kappa shape index (κ2) is 7.16. The summed E-state index contributed by atoms with van der Waals surface area (Å²) in [5.41, 5.74) is 3.14. The summed E-state index contributed by atoms with van der Waals surface area (Å²) < 4.78 is 1.65. The zero-order valence-corrected chi connectivity index (χ0v) is 15.8. The number of aryl methyl sites for hydroxylation is 2. The molecular weight excluding hydrogens is 370 g/mol. The van der Waals surface area contributed by atoms with Gasteiger partial charge in [0.2, 0.25) is 0 Å². The third-order valence-corrected chi connectivity index (χ3v) is 4.56. The first-order valence-corrected chi connectivity index (χ1v) is 8.87. The van der Waals surface area contributed by atoms with Crippen molar-refractivity contribution in [3.63, 3.8) is 0 Å². The molecule has 1 N–H and O–H groups in total. The number of para-hydroxylation sites is 1. The van der Waals surface area contributed by atoms with Crippen molar-refractivity contribution < 1.29 is 9.72 Å². The Morgan fingerprint density at radius 1 is 1.17 bits per heavy atom. The summed E-state index contributed by atoms with van der Waals surface area (Å²) in [5, 5.41) is 18.9. The van der Waals surface area contributed by atoms with E-state index in [1.807, 2.05) is 24.4 Å². The Hall–Kier alpha value is -4.07. The van der Waals surface area contributed by atoms with Crippen molar-refractivity contribution in [2.45, 2.75) is 6.92 Å². The number of nitro benzene ring substituents is 1. The van der Waals surface area contributed by atoms with E-state index in [4.69, 9.17) is 0 Å². The third kappa shape index (κ3) is 3.55. The molecule has 0 fully saturated rings. The Bertz CT molecular complexity index is 1260. The van der Waals surface area contributed by atoms with Crippen molar-refractivity contribution in [3.05, 3.63) is 82.2 Å². The Balaban J connectivity index is 1.81. The van der Waals surface area contributed by atoms with Crippen molar-refractivity contribution >= 4 is 28.2 Å². The molecule has 2 heterocycles. The van der Waals surface area contributed by atoms with Crippen molar-refractivity contribution in [3.8, 4) is 11.3 Å². The molecule has 0 aliphatic heterocycles. The lowest BCUT2D eigenvalue weighted by Crippen LogP contribution is -2.14. The number of nitrogens with zero attached hydrogens (tertiary/aromatic N) is 4. The maximum Gasteiger partial charge on any atom is 0.293 e. The summed E-state index contributed by atoms with van der Waals surface area (Å²) in [6.07, 6.45) is 3.48. The predicted molar refractivity (Wildman–Crippen MR) is 110 cm³/mol. The van der Waals surface area contributed by atoms with Gasteiger partial charge in [-0.3, -0.25) is 19.6 Å². The zero-order valence-electron chi connectivity index (χ0n) is 15.8. The van der Waals surface area contributed by atoms with Gasteiger partial charge in [-0.2, -0.15) is 5.10 Å². The number of pyridine rings is 1. The van der Waals surface area contributed by atoms with Crippen LogP contribution in [0.25, 0.3) is 22.2 Å². The number of nitro groups is 1. The van der Waals surface area contributed by atoms with Gasteiger partial charge >= 0.3 is 0 Å². The van der Waals surface area contributed by atoms with E-state index >= 15 is 0 Å². The highest BCUT2D eigenvalue weighted by Gasteiger charge is 2.19. The van der Waals surface area contributed by atoms with E-state index in [1.54, 1.807) is 43.0 Å². The molecule has 0 spiro atoms. The first kappa shape index (κ1) is 18.3. The standard InChI is InChI=1S/C21H17N5O3/c1-13-7-8-18(20(9-13)26(28)29)24-21(27)16-10-19(14-11-22-25(2)12-14)23-17-6-4-3-5-15(16)17/h3-12H,1-2H3,(H,24,27). The molecule has 0 bridgehead atoms. The Morgan fingerprint density at radius 3 is 2.69 bits per heavy atom. The van der Waals surface area contributed by atoms with Crippen LogP contribution in [0.3, 0.4) is 0 Å². The monoisotopic (exact) mass is 387 g/mol. The number of carbonyl (C=O) groups is 1. The lowest BCUT2D eigenvalue weighted by Gasteiger charge is -2.10. The average Bonchev–Trinajstić information content (AvgIpc) is 3.14. The Kier molecular flexibility index (Phi) is 4.52. The van der Waals surface area contributed by atoms with Crippen LogP contribution < -0.4 is 5.32 Å². The van der Waals surface area contributed by atoms with Crippen LogP contribution >= 0.6 is 0 Å². The minimum absolute atomic E-state index is 0.148. The summed E-state index contributed by atoms with van der Waals surface area (Å²) in [6, 6.07) is 13.6. The highest BCUT2D eigenvalue weighted by atomic mass is 16.6. The van der Waals surface area contributed by atoms with E-state index in [9.17, 15) is 14.9 Å². The molecule has 8 nitrogen and oxygen atoms in total. The first-order valence-electron chi connectivity index (χ1n) is 8.87. The van der Waals surface area contributed by atoms with Gasteiger partial charge in [-0.05, 0) is 30.7 Å². The normalized spacial score (nSPS) is 10.8. The molecule has 0 radical (unpaired) electrons. The van der Waals surface area contributed by atoms with Crippen LogP contribution in [0.2, 0.25) is 0 Å². The maximum atomic E-state index is 13.1. The highest BCUT2D eigenvalue weighted by molar-refractivity contribution is 6.13. The molecule has 1 amide bonds. The van der Waals surface area contributed by atoms with Gasteiger partial charge in [-0.1, -0.05) is 24.3 Å². The van der Waals surface area contributed by atoms with E-state index in [2.05, 4.69) is 15.4 Å². The molecule has 0 unspecified atom stereocenters. The van der Waals surface area contributed by atoms with E-state index in [-0.39, 0.29) is 11.4 Å². The number of anilines is 1. The van der Waals surface area contributed by atoms with Gasteiger partial charge in [0.1, 0.15) is 5.69 Å². The van der Waals surface area contributed by atoms with Crippen LogP contribution in [0.5, 0.6) is 0 Å². The highest BCUT2D eigenvalue weighted by Crippen LogP contribution is 2.28. The molecule has 2 aromatic heterocycles. The quantitative estimate of drug-likeness (QED) is 0.419. The second-order valence-corrected chi connectivity index (χ2v) is 6.71. The Morgan fingerprint density at radius 2 is 1.97 bits per heavy atom. The van der Waals surface area contributed by atoms with Gasteiger partial charge in [0.15, 0.2) is 0 Å². The minimum Gasteiger partial charge on any atom is -0.316 e. The summed E-state index contributed by atoms with van der Waals surface area (Å²) in [4.78, 5) is 28.6. The van der Waals surface area contributed by atoms with Gasteiger partial charge in [0.05, 0.1) is 27.9 Å². The molecule has 0 saturated heterocycles. The molecule has 0 saturated carbocycles. The van der Waals surface area contributed by atoms with Gasteiger partial charge in [0.25, 0.3) is 11.6 Å². The predicted octanol–water partition coefficient (Wildman–Crippen LogP) is 4.10. The number of rotatable bonds is 4. The maximum absolute atomic E-state index is 13.1. The van der Waals surface area contributed by atoms with Crippen LogP contribution in [-0.4, -0.2) is 25.6 Å². The summed E-state index contributed by atoms with van der Waals surface area (Å²) in [5.74, 6) is -0.444. The SMILES string of the molecule is Cc1ccc(NC(=O)c2cc(-c3cnn(C)c3)nc3ccccc23)c([N+](=O)[O-])c1. The molecule has 0 atom stereocenters. The topological polar surface area (TPSA) is 103 Å². The number of benzene rings is 2. The fourth-order valence-corrected chi connectivity index (χ4v) is 3.15. The van der Waals surface area contributed by atoms with Crippen molar-refractivity contribution in [1.82, 2.24) is 14.8 Å². The summed E-state index contributed by atoms with van der Waals surface area (Å²) in [6.45, 7) is 1.76. The minimum atomic E-state index is -0.506. The lowest BCUT2D eigenvalue weighted by atomic mass is 10.0. The molecule has 4 rings (SSSR count). The smallest absolute Gasteiger partial charge is 0.293 e. The number of carbonyl (C=O) groups excluding carboxylic acids is 1. The third-order valence-electron chi connectivity index (χ3n) is 4.56. The zero-order chi connectivity index (χ0) is 20.5. The Labute approximate surface area is 166 Å². The second-order valence-electron chi connectivity index (χ2n) is 6.71. The van der Waals surface area contributed by atoms with Gasteiger partial charge in [-0.15, -0.1) is 0 Å². The summed E-state index contributed by atoms with van der Waals surface area (Å²) in [7, 11) is 1.80. The van der Waals surface area contributed by atoms with Gasteiger partial charge < -0.3 is 5.32 Å². The van der Waals surface area contributed by atoms with Gasteiger partial charge in [-0.25, -0.2) is 4.98 Å². The molecule has 8 heteroatoms. The number of aromatic nitrogens is 3. The van der Waals surface area contributed by atoms with E-state index in [0.29, 0.717) is 22.2 Å². The number of fused-ring (bicyclic) bond motifs is 1. The molecule has 29 heavy (non-hydrogen) atoms. The molecule has 4 aromatic rings. The van der Waals surface area contributed by atoms with Crippen molar-refractivity contribution in [2.75, 3.05) is 5.32 Å². The van der Waals surface area contributed by atoms with Crippen LogP contribution in [0.1, 0.15) is 15.9 Å². The van der Waals surface area contributed by atoms with E-state index < -0.39 is 10.8 Å². The molecular formula is C21H17N5O3. The van der Waals surface area contributed by atoms with Gasteiger partial charge in [0, 0.05) is 30.3 Å². The van der Waals surface area contributed by atoms with Crippen LogP contribution in [0.15, 0.2) is 60.9 Å². The fourth-order valence-electron chi connectivity index (χ4n) is 3.15. The molecule has 0 aliphatic carbocycles. The number of amides is 1. The lowest BCUT2D eigenvalue weighted by molar-refractivity contribution is -0.384. The molecule has 2 aromatic carbocycles. The first-order chi connectivity index (χ1) is 13.9. The molecule has 144 valence electrons. The molecule has 0 aliphatic rings. The van der Waals surface area contributed by atoms with Crippen molar-refractivity contribution in [2.24, 2.45) is 7.05 Å². The largest absolute Gasteiger partial charge is 0.316 e. The van der Waals surface area contributed by atoms with Crippen LogP contribution in [-0.2, 0) is 7.05 Å². The van der Waals surface area contributed by atoms with Crippen LogP contribution in [0.4, 0.5) is 11.4 Å². The number of nitrogens with one attached hydrogen (secondary N) is 1. The van der Waals surface area contributed by atoms with E-state index in [1.165, 1.54) is 12.1 Å². The summed E-state index contributed by atoms with van der Waals surface area (Å²) >= 11 is 0. The van der Waals surface area contributed by atoms with Crippen LogP contribution in [0, 0.1) is 17.0 Å².